The van der Waals surface area contributed by atoms with Gasteiger partial charge in [-0.1, -0.05) is 86.7 Å². The van der Waals surface area contributed by atoms with Crippen molar-refractivity contribution in [2.24, 2.45) is 11.7 Å². The lowest BCUT2D eigenvalue weighted by atomic mass is 9.84. The second-order valence-corrected chi connectivity index (χ2v) is 14.2. The Balaban J connectivity index is 1.71. The average Bonchev–Trinajstić information content (AvgIpc) is 3.01. The Morgan fingerprint density at radius 3 is 2.06 bits per heavy atom. The van der Waals surface area contributed by atoms with E-state index in [1.807, 2.05) is 30.3 Å². The molecule has 1 saturated carbocycles. The van der Waals surface area contributed by atoms with E-state index in [0.717, 1.165) is 36.8 Å². The zero-order valence-corrected chi connectivity index (χ0v) is 28.9. The first-order chi connectivity index (χ1) is 22.1. The molecule has 1 unspecified atom stereocenters. The van der Waals surface area contributed by atoms with Crippen LogP contribution in [-0.4, -0.2) is 53.6 Å². The largest absolute Gasteiger partial charge is 0.459 e. The molecule has 0 saturated heterocycles. The van der Waals surface area contributed by atoms with Gasteiger partial charge in [0.05, 0.1) is 6.04 Å². The highest BCUT2D eigenvalue weighted by atomic mass is 16.6. The van der Waals surface area contributed by atoms with E-state index in [4.69, 9.17) is 15.2 Å². The number of carbonyl (C=O) groups excluding carboxylic acids is 4. The van der Waals surface area contributed by atoms with Crippen LogP contribution in [0.25, 0.3) is 0 Å². The Labute approximate surface area is 279 Å². The molecule has 2 amide bonds. The maximum atomic E-state index is 13.9. The van der Waals surface area contributed by atoms with Crippen LogP contribution in [0.15, 0.2) is 54.6 Å². The van der Waals surface area contributed by atoms with E-state index in [2.05, 4.69) is 16.0 Å². The number of hydrogen-bond acceptors (Lipinski definition) is 8. The van der Waals surface area contributed by atoms with E-state index < -0.39 is 35.3 Å². The molecule has 1 aliphatic carbocycles. The van der Waals surface area contributed by atoms with Crippen LogP contribution < -0.4 is 21.7 Å². The van der Waals surface area contributed by atoms with Crippen molar-refractivity contribution in [3.05, 3.63) is 71.3 Å². The Morgan fingerprint density at radius 2 is 1.47 bits per heavy atom. The number of nitrogens with one attached hydrogen (secondary N) is 3. The van der Waals surface area contributed by atoms with Crippen LogP contribution in [0.2, 0.25) is 0 Å². The molecule has 10 heteroatoms. The fraction of sp³-hybridized carbons (Fsp3) is 0.568. The molecular weight excluding hydrogens is 596 g/mol. The normalized spacial score (nSPS) is 16.0. The lowest BCUT2D eigenvalue weighted by molar-refractivity contribution is -0.157. The zero-order chi connectivity index (χ0) is 34.6. The van der Waals surface area contributed by atoms with Crippen LogP contribution in [0, 0.1) is 5.92 Å². The number of ether oxygens (including phenoxy) is 2. The lowest BCUT2D eigenvalue weighted by Crippen LogP contribution is -2.55. The van der Waals surface area contributed by atoms with Crippen LogP contribution >= 0.6 is 0 Å². The fourth-order valence-corrected chi connectivity index (χ4v) is 5.82. The van der Waals surface area contributed by atoms with Gasteiger partial charge in [-0.25, -0.2) is 4.79 Å². The number of rotatable bonds is 15. The quantitative estimate of drug-likeness (QED) is 0.204. The Morgan fingerprint density at radius 1 is 0.830 bits per heavy atom. The summed E-state index contributed by atoms with van der Waals surface area (Å²) >= 11 is 0. The Kier molecular flexibility index (Phi) is 14.0. The first-order valence-corrected chi connectivity index (χ1v) is 16.7. The van der Waals surface area contributed by atoms with Gasteiger partial charge in [-0.15, -0.1) is 0 Å². The lowest BCUT2D eigenvalue weighted by Gasteiger charge is -2.31. The molecule has 5 N–H and O–H groups in total. The third-order valence-electron chi connectivity index (χ3n) is 8.19. The van der Waals surface area contributed by atoms with Gasteiger partial charge >= 0.3 is 11.9 Å². The van der Waals surface area contributed by atoms with Crippen molar-refractivity contribution in [3.63, 3.8) is 0 Å². The summed E-state index contributed by atoms with van der Waals surface area (Å²) in [6, 6.07) is 14.4. The molecule has 2 aromatic rings. The van der Waals surface area contributed by atoms with Crippen molar-refractivity contribution in [1.29, 1.82) is 0 Å². The van der Waals surface area contributed by atoms with E-state index in [0.29, 0.717) is 30.9 Å². The molecule has 2 aromatic carbocycles. The number of nitrogens with two attached hydrogens (primary N) is 1. The number of amides is 2. The smallest absolute Gasteiger partial charge is 0.328 e. The van der Waals surface area contributed by atoms with Crippen molar-refractivity contribution in [2.75, 3.05) is 6.54 Å². The highest BCUT2D eigenvalue weighted by Crippen LogP contribution is 2.28. The molecule has 0 aromatic heterocycles. The van der Waals surface area contributed by atoms with Gasteiger partial charge in [-0.2, -0.15) is 0 Å². The summed E-state index contributed by atoms with van der Waals surface area (Å²) < 4.78 is 10.9. The first kappa shape index (κ1) is 37.7. The predicted molar refractivity (Wildman–Crippen MR) is 182 cm³/mol. The van der Waals surface area contributed by atoms with Crippen molar-refractivity contribution >= 4 is 23.8 Å². The number of benzene rings is 2. The third kappa shape index (κ3) is 13.5. The average molecular weight is 651 g/mol. The summed E-state index contributed by atoms with van der Waals surface area (Å²) in [5.41, 5.74) is 7.01. The molecule has 0 bridgehead atoms. The van der Waals surface area contributed by atoms with Crippen LogP contribution in [0.5, 0.6) is 0 Å². The summed E-state index contributed by atoms with van der Waals surface area (Å²) in [5.74, 6) is -1.06. The van der Waals surface area contributed by atoms with Gasteiger partial charge in [-0.3, -0.25) is 14.4 Å². The zero-order valence-electron chi connectivity index (χ0n) is 28.9. The second kappa shape index (κ2) is 17.4. The summed E-state index contributed by atoms with van der Waals surface area (Å²) in [4.78, 5) is 51.5. The van der Waals surface area contributed by atoms with Gasteiger partial charge in [0.1, 0.15) is 23.3 Å². The highest BCUT2D eigenvalue weighted by Gasteiger charge is 2.31. The van der Waals surface area contributed by atoms with Crippen LogP contribution in [0.1, 0.15) is 103 Å². The van der Waals surface area contributed by atoms with Crippen LogP contribution in [0.3, 0.4) is 0 Å². The molecule has 0 spiro atoms. The molecule has 0 aliphatic heterocycles. The number of hydrogen-bond donors (Lipinski definition) is 4. The van der Waals surface area contributed by atoms with Crippen molar-refractivity contribution in [1.82, 2.24) is 16.0 Å². The molecule has 3 rings (SSSR count). The first-order valence-electron chi connectivity index (χ1n) is 16.7. The van der Waals surface area contributed by atoms with E-state index in [-0.39, 0.29) is 24.3 Å². The van der Waals surface area contributed by atoms with Crippen molar-refractivity contribution < 1.29 is 28.7 Å². The number of esters is 2. The molecule has 10 nitrogen and oxygen atoms in total. The third-order valence-corrected chi connectivity index (χ3v) is 8.19. The molecular formula is C37H54N4O6. The maximum Gasteiger partial charge on any atom is 0.328 e. The minimum atomic E-state index is -0.918. The van der Waals surface area contributed by atoms with Gasteiger partial charge in [0.25, 0.3) is 0 Å². The molecule has 3 atom stereocenters. The predicted octanol–water partition coefficient (Wildman–Crippen LogP) is 4.64. The maximum absolute atomic E-state index is 13.9. The Bertz CT molecular complexity index is 1320. The minimum absolute atomic E-state index is 0.224. The van der Waals surface area contributed by atoms with Crippen molar-refractivity contribution in [3.8, 4) is 0 Å². The van der Waals surface area contributed by atoms with Gasteiger partial charge in [0.15, 0.2) is 0 Å². The van der Waals surface area contributed by atoms with E-state index in [1.54, 1.807) is 58.9 Å². The van der Waals surface area contributed by atoms with Gasteiger partial charge < -0.3 is 31.2 Å². The monoisotopic (exact) mass is 650 g/mol. The summed E-state index contributed by atoms with van der Waals surface area (Å²) in [5, 5.41) is 9.35. The minimum Gasteiger partial charge on any atom is -0.459 e. The van der Waals surface area contributed by atoms with E-state index >= 15 is 0 Å². The molecule has 258 valence electrons. The molecule has 1 aliphatic rings. The van der Waals surface area contributed by atoms with Gasteiger partial charge in [0.2, 0.25) is 11.8 Å². The Hall–Kier alpha value is -3.76. The molecule has 1 fully saturated rings. The second-order valence-electron chi connectivity index (χ2n) is 14.2. The van der Waals surface area contributed by atoms with Crippen LogP contribution in [-0.2, 0) is 41.6 Å². The summed E-state index contributed by atoms with van der Waals surface area (Å²) in [7, 11) is 0. The van der Waals surface area contributed by atoms with Crippen LogP contribution in [0.4, 0.5) is 0 Å². The molecule has 0 heterocycles. The van der Waals surface area contributed by atoms with Crippen molar-refractivity contribution in [2.45, 2.75) is 122 Å². The standard InChI is InChI=1S/C37H54N4O6/c1-25(42)46-37(5,6)24-40-30(21-26-13-9-7-10-14-26)34(44)41-31(22-27-15-11-8-12-16-27)33(43)39-23-28-17-19-29(20-18-28)32(38)35(45)47-36(2,3)4/h8,11-12,15-20,26,30-32,40H,7,9-10,13-14,21-24,38H2,1-6H3,(H,39,43)(H,41,44)/t30-,31+,32?/m1/s1. The van der Waals surface area contributed by atoms with Gasteiger partial charge in [0, 0.05) is 26.4 Å². The summed E-state index contributed by atoms with van der Waals surface area (Å²) in [6.07, 6.45) is 6.58. The summed E-state index contributed by atoms with van der Waals surface area (Å²) in [6.45, 7) is 10.9. The number of carbonyl (C=O) groups is 4. The fourth-order valence-electron chi connectivity index (χ4n) is 5.82. The van der Waals surface area contributed by atoms with E-state index in [1.165, 1.54) is 13.3 Å². The highest BCUT2D eigenvalue weighted by molar-refractivity contribution is 5.90. The topological polar surface area (TPSA) is 149 Å². The SMILES string of the molecule is CC(=O)OC(C)(C)CN[C@H](CC1CCCCC1)C(=O)N[C@@H](Cc1ccccc1)C(=O)NCc1ccc(C(N)C(=O)OC(C)(C)C)cc1. The van der Waals surface area contributed by atoms with Gasteiger partial charge in [-0.05, 0) is 63.6 Å². The van der Waals surface area contributed by atoms with E-state index in [9.17, 15) is 19.2 Å². The molecule has 47 heavy (non-hydrogen) atoms. The molecule has 0 radical (unpaired) electrons.